The van der Waals surface area contributed by atoms with Crippen LogP contribution in [0.3, 0.4) is 0 Å². The van der Waals surface area contributed by atoms with Gasteiger partial charge < -0.3 is 0 Å². The van der Waals surface area contributed by atoms with Gasteiger partial charge in [-0.1, -0.05) is 35.8 Å². The predicted octanol–water partition coefficient (Wildman–Crippen LogP) is 3.55. The minimum Gasteiger partial charge on any atom is -0.299 e. The van der Waals surface area contributed by atoms with E-state index in [9.17, 15) is 4.79 Å². The van der Waals surface area contributed by atoms with E-state index in [1.807, 2.05) is 0 Å². The van der Waals surface area contributed by atoms with Gasteiger partial charge in [-0.25, -0.2) is 0 Å². The lowest BCUT2D eigenvalue weighted by molar-refractivity contribution is -0.120. The van der Waals surface area contributed by atoms with Gasteiger partial charge in [0.05, 0.1) is 0 Å². The third-order valence-electron chi connectivity index (χ3n) is 3.14. The molecule has 0 radical (unpaired) electrons. The van der Waals surface area contributed by atoms with Crippen LogP contribution < -0.4 is 0 Å². The highest BCUT2D eigenvalue weighted by molar-refractivity contribution is 9.10. The Balaban J connectivity index is 2.62. The summed E-state index contributed by atoms with van der Waals surface area (Å²) < 4.78 is 1.10. The van der Waals surface area contributed by atoms with Crippen molar-refractivity contribution in [3.8, 4) is 0 Å². The number of aryl methyl sites for hydroxylation is 1. The fourth-order valence-corrected chi connectivity index (χ4v) is 2.75. The summed E-state index contributed by atoms with van der Waals surface area (Å²) in [6, 6.07) is 4.31. The molecule has 1 aliphatic carbocycles. The molecule has 0 aliphatic heterocycles. The van der Waals surface area contributed by atoms with Crippen molar-refractivity contribution in [3.63, 3.8) is 0 Å². The minimum absolute atomic E-state index is 0.00384. The zero-order valence-corrected chi connectivity index (χ0v) is 10.9. The summed E-state index contributed by atoms with van der Waals surface area (Å²) in [5.41, 5.74) is 3.77. The standard InChI is InChI=1S/C13H15BrO/c1-8-4-11-9(6-12(8)14)5-10(15)7-13(11,2)3/h4,6H,5,7H2,1-3H3. The van der Waals surface area contributed by atoms with E-state index in [1.165, 1.54) is 16.7 Å². The average molecular weight is 267 g/mol. The van der Waals surface area contributed by atoms with Crippen LogP contribution in [0.4, 0.5) is 0 Å². The summed E-state index contributed by atoms with van der Waals surface area (Å²) in [6.45, 7) is 6.39. The Morgan fingerprint density at radius 3 is 2.67 bits per heavy atom. The van der Waals surface area contributed by atoms with E-state index < -0.39 is 0 Å². The molecule has 0 N–H and O–H groups in total. The van der Waals surface area contributed by atoms with Gasteiger partial charge in [0, 0.05) is 17.3 Å². The van der Waals surface area contributed by atoms with E-state index >= 15 is 0 Å². The Labute approximate surface area is 99.0 Å². The minimum atomic E-state index is -0.00384. The molecular formula is C13H15BrO. The number of hydrogen-bond donors (Lipinski definition) is 0. The van der Waals surface area contributed by atoms with Crippen molar-refractivity contribution >= 4 is 21.7 Å². The highest BCUT2D eigenvalue weighted by atomic mass is 79.9. The number of carbonyl (C=O) groups excluding carboxylic acids is 1. The van der Waals surface area contributed by atoms with Crippen LogP contribution in [0, 0.1) is 6.92 Å². The monoisotopic (exact) mass is 266 g/mol. The highest BCUT2D eigenvalue weighted by Gasteiger charge is 2.32. The summed E-state index contributed by atoms with van der Waals surface area (Å²) >= 11 is 3.52. The van der Waals surface area contributed by atoms with Gasteiger partial charge in [0.1, 0.15) is 5.78 Å². The number of Topliss-reactive ketones (excluding diaryl/α,β-unsaturated/α-hetero) is 1. The molecule has 0 aromatic heterocycles. The van der Waals surface area contributed by atoms with Gasteiger partial charge in [0.25, 0.3) is 0 Å². The van der Waals surface area contributed by atoms with E-state index in [4.69, 9.17) is 0 Å². The molecule has 1 aromatic rings. The first-order chi connectivity index (χ1) is 6.90. The van der Waals surface area contributed by atoms with Crippen molar-refractivity contribution < 1.29 is 4.79 Å². The molecule has 1 nitrogen and oxygen atoms in total. The van der Waals surface area contributed by atoms with E-state index in [2.05, 4.69) is 48.8 Å². The average Bonchev–Trinajstić information content (AvgIpc) is 2.07. The summed E-state index contributed by atoms with van der Waals surface area (Å²) in [6.07, 6.45) is 1.26. The summed E-state index contributed by atoms with van der Waals surface area (Å²) in [7, 11) is 0. The SMILES string of the molecule is Cc1cc2c(cc1Br)CC(=O)CC2(C)C. The Bertz CT molecular complexity index is 432. The molecule has 0 atom stereocenters. The maximum atomic E-state index is 11.6. The number of halogens is 1. The van der Waals surface area contributed by atoms with Gasteiger partial charge in [0.15, 0.2) is 0 Å². The molecule has 0 saturated carbocycles. The second-order valence-corrected chi connectivity index (χ2v) is 5.89. The second kappa shape index (κ2) is 3.44. The number of carbonyl (C=O) groups is 1. The van der Waals surface area contributed by atoms with E-state index in [0.717, 1.165) is 4.47 Å². The topological polar surface area (TPSA) is 17.1 Å². The van der Waals surface area contributed by atoms with Crippen molar-refractivity contribution in [3.05, 3.63) is 33.3 Å². The van der Waals surface area contributed by atoms with Crippen LogP contribution in [0.2, 0.25) is 0 Å². The lowest BCUT2D eigenvalue weighted by Crippen LogP contribution is -2.29. The van der Waals surface area contributed by atoms with E-state index in [1.54, 1.807) is 0 Å². The van der Waals surface area contributed by atoms with Crippen LogP contribution in [0.5, 0.6) is 0 Å². The number of fused-ring (bicyclic) bond motifs is 1. The lowest BCUT2D eigenvalue weighted by Gasteiger charge is -2.32. The quantitative estimate of drug-likeness (QED) is 0.702. The smallest absolute Gasteiger partial charge is 0.138 e. The first kappa shape index (κ1) is 10.9. The molecule has 0 bridgehead atoms. The van der Waals surface area contributed by atoms with E-state index in [0.29, 0.717) is 18.6 Å². The molecule has 0 heterocycles. The lowest BCUT2D eigenvalue weighted by atomic mass is 9.72. The second-order valence-electron chi connectivity index (χ2n) is 5.03. The van der Waals surface area contributed by atoms with Gasteiger partial charge >= 0.3 is 0 Å². The van der Waals surface area contributed by atoms with Crippen LogP contribution in [-0.4, -0.2) is 5.78 Å². The Kier molecular flexibility index (Phi) is 2.50. The zero-order chi connectivity index (χ0) is 11.2. The summed E-state index contributed by atoms with van der Waals surface area (Å²) in [5, 5.41) is 0. The molecule has 2 heteroatoms. The van der Waals surface area contributed by atoms with Gasteiger partial charge in [-0.3, -0.25) is 4.79 Å². The maximum Gasteiger partial charge on any atom is 0.138 e. The van der Waals surface area contributed by atoms with Crippen molar-refractivity contribution in [2.24, 2.45) is 0 Å². The van der Waals surface area contributed by atoms with Gasteiger partial charge in [-0.05, 0) is 35.1 Å². The summed E-state index contributed by atoms with van der Waals surface area (Å²) in [4.78, 5) is 11.6. The molecule has 0 saturated heterocycles. The van der Waals surface area contributed by atoms with Crippen molar-refractivity contribution in [2.75, 3.05) is 0 Å². The van der Waals surface area contributed by atoms with Crippen LogP contribution in [-0.2, 0) is 16.6 Å². The number of benzene rings is 1. The molecule has 0 spiro atoms. The molecule has 2 rings (SSSR count). The molecule has 0 amide bonds. The van der Waals surface area contributed by atoms with Crippen LogP contribution in [0.1, 0.15) is 37.0 Å². The van der Waals surface area contributed by atoms with Gasteiger partial charge in [-0.2, -0.15) is 0 Å². The normalized spacial score (nSPS) is 18.8. The molecule has 80 valence electrons. The maximum absolute atomic E-state index is 11.6. The fourth-order valence-electron chi connectivity index (χ4n) is 2.36. The fraction of sp³-hybridized carbons (Fsp3) is 0.462. The molecule has 1 aliphatic rings. The molecule has 0 fully saturated rings. The van der Waals surface area contributed by atoms with Gasteiger partial charge in [-0.15, -0.1) is 0 Å². The third kappa shape index (κ3) is 1.87. The highest BCUT2D eigenvalue weighted by Crippen LogP contribution is 2.37. The van der Waals surface area contributed by atoms with E-state index in [-0.39, 0.29) is 5.41 Å². The predicted molar refractivity (Wildman–Crippen MR) is 65.2 cm³/mol. The van der Waals surface area contributed by atoms with Crippen molar-refractivity contribution in [1.29, 1.82) is 0 Å². The zero-order valence-electron chi connectivity index (χ0n) is 9.36. The summed E-state index contributed by atoms with van der Waals surface area (Å²) in [5.74, 6) is 0.350. The van der Waals surface area contributed by atoms with Crippen LogP contribution in [0.15, 0.2) is 16.6 Å². The van der Waals surface area contributed by atoms with Crippen molar-refractivity contribution in [2.45, 2.75) is 39.0 Å². The largest absolute Gasteiger partial charge is 0.299 e. The first-order valence-electron chi connectivity index (χ1n) is 5.21. The molecular weight excluding hydrogens is 252 g/mol. The number of ketones is 1. The first-order valence-corrected chi connectivity index (χ1v) is 6.01. The van der Waals surface area contributed by atoms with Crippen LogP contribution in [0.25, 0.3) is 0 Å². The molecule has 1 aromatic carbocycles. The van der Waals surface area contributed by atoms with Crippen LogP contribution >= 0.6 is 15.9 Å². The van der Waals surface area contributed by atoms with Gasteiger partial charge in [0.2, 0.25) is 0 Å². The van der Waals surface area contributed by atoms with Crippen molar-refractivity contribution in [1.82, 2.24) is 0 Å². The molecule has 0 unspecified atom stereocenters. The number of rotatable bonds is 0. The Morgan fingerprint density at radius 2 is 2.00 bits per heavy atom. The Morgan fingerprint density at radius 1 is 1.33 bits per heavy atom. The third-order valence-corrected chi connectivity index (χ3v) is 3.99. The molecule has 15 heavy (non-hydrogen) atoms. The number of hydrogen-bond acceptors (Lipinski definition) is 1. The Hall–Kier alpha value is -0.630.